The zero-order valence-electron chi connectivity index (χ0n) is 18.5. The number of rotatable bonds is 6. The maximum absolute atomic E-state index is 14.2. The summed E-state index contributed by atoms with van der Waals surface area (Å²) in [6.45, 7) is 5.57. The van der Waals surface area contributed by atoms with Gasteiger partial charge in [0.1, 0.15) is 5.82 Å². The van der Waals surface area contributed by atoms with Crippen LogP contribution in [0.1, 0.15) is 39.8 Å². The molecule has 0 aliphatic rings. The van der Waals surface area contributed by atoms with Gasteiger partial charge in [-0.25, -0.2) is 4.39 Å². The van der Waals surface area contributed by atoms with Crippen molar-refractivity contribution in [1.82, 2.24) is 0 Å². The molecular weight excluding hydrogens is 391 g/mol. The van der Waals surface area contributed by atoms with Crippen LogP contribution in [-0.2, 0) is 19.3 Å². The molecule has 0 saturated carbocycles. The van der Waals surface area contributed by atoms with Crippen molar-refractivity contribution in [2.45, 2.75) is 32.6 Å². The highest BCUT2D eigenvalue weighted by atomic mass is 19.1. The summed E-state index contributed by atoms with van der Waals surface area (Å²) in [4.78, 5) is 0. The molecule has 1 heteroatoms. The topological polar surface area (TPSA) is 0 Å². The van der Waals surface area contributed by atoms with Gasteiger partial charge in [-0.3, -0.25) is 0 Å². The van der Waals surface area contributed by atoms with Crippen molar-refractivity contribution in [3.05, 3.63) is 131 Å². The zero-order chi connectivity index (χ0) is 22.3. The summed E-state index contributed by atoms with van der Waals surface area (Å²) in [5, 5.41) is 1.52. The predicted octanol–water partition coefficient (Wildman–Crippen LogP) is 7.59. The molecule has 0 N–H and O–H groups in total. The van der Waals surface area contributed by atoms with Gasteiger partial charge in [0.05, 0.1) is 0 Å². The van der Waals surface area contributed by atoms with E-state index in [1.165, 1.54) is 16.7 Å². The van der Waals surface area contributed by atoms with Crippen LogP contribution in [-0.4, -0.2) is 0 Å². The van der Waals surface area contributed by atoms with E-state index in [9.17, 15) is 4.39 Å². The van der Waals surface area contributed by atoms with Crippen LogP contribution < -0.4 is 0 Å². The van der Waals surface area contributed by atoms with Gasteiger partial charge in [0.25, 0.3) is 0 Å². The Morgan fingerprint density at radius 2 is 1.28 bits per heavy atom. The molecule has 0 aliphatic heterocycles. The van der Waals surface area contributed by atoms with Crippen LogP contribution in [0, 0.1) is 24.6 Å². The third kappa shape index (κ3) is 5.34. The lowest BCUT2D eigenvalue weighted by molar-refractivity contribution is 0.631. The van der Waals surface area contributed by atoms with E-state index in [0.29, 0.717) is 10.9 Å². The van der Waals surface area contributed by atoms with Crippen LogP contribution in [0.3, 0.4) is 0 Å². The Morgan fingerprint density at radius 1 is 0.719 bits per heavy atom. The highest BCUT2D eigenvalue weighted by Gasteiger charge is 2.04. The van der Waals surface area contributed by atoms with Gasteiger partial charge in [0.15, 0.2) is 0 Å². The minimum absolute atomic E-state index is 0.152. The van der Waals surface area contributed by atoms with Gasteiger partial charge in [-0.15, -0.1) is 6.58 Å². The second-order valence-corrected chi connectivity index (χ2v) is 8.22. The normalized spacial score (nSPS) is 10.6. The van der Waals surface area contributed by atoms with Crippen LogP contribution in [0.2, 0.25) is 0 Å². The van der Waals surface area contributed by atoms with Crippen LogP contribution >= 0.6 is 0 Å². The number of aryl methyl sites for hydroxylation is 4. The maximum atomic E-state index is 14.2. The van der Waals surface area contributed by atoms with Crippen molar-refractivity contribution in [1.29, 1.82) is 0 Å². The van der Waals surface area contributed by atoms with E-state index < -0.39 is 0 Å². The summed E-state index contributed by atoms with van der Waals surface area (Å²) < 4.78 is 14.2. The Morgan fingerprint density at radius 3 is 1.94 bits per heavy atom. The Kier molecular flexibility index (Phi) is 6.83. The second-order valence-electron chi connectivity index (χ2n) is 8.22. The summed E-state index contributed by atoms with van der Waals surface area (Å²) in [5.41, 5.74) is 6.57. The van der Waals surface area contributed by atoms with Crippen molar-refractivity contribution >= 4 is 10.8 Å². The van der Waals surface area contributed by atoms with E-state index in [4.69, 9.17) is 0 Å². The number of hydrogen-bond acceptors (Lipinski definition) is 0. The molecule has 0 amide bonds. The molecule has 0 saturated heterocycles. The number of hydrogen-bond donors (Lipinski definition) is 0. The summed E-state index contributed by atoms with van der Waals surface area (Å²) in [6, 6.07) is 26.8. The zero-order valence-corrected chi connectivity index (χ0v) is 18.5. The van der Waals surface area contributed by atoms with Crippen molar-refractivity contribution in [3.63, 3.8) is 0 Å². The molecule has 4 aromatic rings. The number of fused-ring (bicyclic) bond motifs is 1. The molecule has 0 spiro atoms. The van der Waals surface area contributed by atoms with E-state index >= 15 is 0 Å². The highest BCUT2D eigenvalue weighted by molar-refractivity contribution is 5.85. The molecule has 0 atom stereocenters. The van der Waals surface area contributed by atoms with Crippen LogP contribution in [0.15, 0.2) is 91.5 Å². The van der Waals surface area contributed by atoms with E-state index in [2.05, 4.69) is 67.0 Å². The molecule has 0 aliphatic carbocycles. The van der Waals surface area contributed by atoms with Gasteiger partial charge < -0.3 is 0 Å². The molecular formula is C31H27F. The third-order valence-corrected chi connectivity index (χ3v) is 5.81. The molecule has 0 heterocycles. The lowest BCUT2D eigenvalue weighted by Crippen LogP contribution is -1.92. The molecule has 0 nitrogen and oxygen atoms in total. The molecule has 0 bridgehead atoms. The van der Waals surface area contributed by atoms with E-state index in [-0.39, 0.29) is 5.82 Å². The van der Waals surface area contributed by atoms with Gasteiger partial charge >= 0.3 is 0 Å². The summed E-state index contributed by atoms with van der Waals surface area (Å²) in [6.07, 6.45) is 6.08. The molecule has 0 unspecified atom stereocenters. The Hall–Kier alpha value is -3.63. The van der Waals surface area contributed by atoms with Gasteiger partial charge in [-0.05, 0) is 84.5 Å². The maximum Gasteiger partial charge on any atom is 0.133 e. The SMILES string of the molecule is C=CCCc1ccc(CCc2ccc(C#Cc3ccc4c(F)c(C)ccc4c3)cc2)cc1. The fraction of sp³-hybridized carbons (Fsp3) is 0.161. The number of halogens is 1. The first-order valence-electron chi connectivity index (χ1n) is 11.1. The largest absolute Gasteiger partial charge is 0.206 e. The number of allylic oxidation sites excluding steroid dienone is 1. The van der Waals surface area contributed by atoms with E-state index in [1.807, 2.05) is 36.4 Å². The summed E-state index contributed by atoms with van der Waals surface area (Å²) in [5.74, 6) is 6.28. The van der Waals surface area contributed by atoms with Crippen LogP contribution in [0.4, 0.5) is 4.39 Å². The van der Waals surface area contributed by atoms with Crippen LogP contribution in [0.25, 0.3) is 10.8 Å². The average Bonchev–Trinajstić information content (AvgIpc) is 2.84. The smallest absolute Gasteiger partial charge is 0.133 e. The van der Waals surface area contributed by atoms with Gasteiger partial charge in [0.2, 0.25) is 0 Å². The Labute approximate surface area is 190 Å². The molecule has 0 fully saturated rings. The van der Waals surface area contributed by atoms with Crippen molar-refractivity contribution in [3.8, 4) is 11.8 Å². The lowest BCUT2D eigenvalue weighted by Gasteiger charge is -2.05. The van der Waals surface area contributed by atoms with Crippen molar-refractivity contribution in [2.24, 2.45) is 0 Å². The molecule has 0 aromatic heterocycles. The monoisotopic (exact) mass is 418 g/mol. The summed E-state index contributed by atoms with van der Waals surface area (Å²) >= 11 is 0. The van der Waals surface area contributed by atoms with Crippen molar-refractivity contribution in [2.75, 3.05) is 0 Å². The van der Waals surface area contributed by atoms with E-state index in [1.54, 1.807) is 6.92 Å². The third-order valence-electron chi connectivity index (χ3n) is 5.81. The highest BCUT2D eigenvalue weighted by Crippen LogP contribution is 2.22. The van der Waals surface area contributed by atoms with Crippen LogP contribution in [0.5, 0.6) is 0 Å². The molecule has 4 rings (SSSR count). The lowest BCUT2D eigenvalue weighted by atomic mass is 10.0. The number of benzene rings is 4. The molecule has 0 radical (unpaired) electrons. The van der Waals surface area contributed by atoms with Gasteiger partial charge in [-0.1, -0.05) is 72.5 Å². The molecule has 4 aromatic carbocycles. The molecule has 32 heavy (non-hydrogen) atoms. The summed E-state index contributed by atoms with van der Waals surface area (Å²) in [7, 11) is 0. The van der Waals surface area contributed by atoms with E-state index in [0.717, 1.165) is 42.2 Å². The Bertz CT molecular complexity index is 1280. The second kappa shape index (κ2) is 10.1. The van der Waals surface area contributed by atoms with Crippen molar-refractivity contribution < 1.29 is 4.39 Å². The fourth-order valence-electron chi connectivity index (χ4n) is 3.81. The first-order valence-corrected chi connectivity index (χ1v) is 11.1. The average molecular weight is 419 g/mol. The quantitative estimate of drug-likeness (QED) is 0.223. The fourth-order valence-corrected chi connectivity index (χ4v) is 3.81. The Balaban J connectivity index is 1.38. The first-order chi connectivity index (χ1) is 15.6. The standard InChI is InChI=1S/C31H27F/c1-3-4-5-24-7-9-25(10-8-24)11-12-26-13-15-27(16-14-26)17-18-28-19-21-30-29(22-28)20-6-23(2)31(30)32/h3,6-10,13-16,19-22H,1,4-5,11-12H2,2H3. The van der Waals surface area contributed by atoms with Gasteiger partial charge in [0, 0.05) is 16.5 Å². The molecule has 158 valence electrons. The minimum atomic E-state index is -0.152. The minimum Gasteiger partial charge on any atom is -0.206 e. The first kappa shape index (κ1) is 21.6. The van der Waals surface area contributed by atoms with Gasteiger partial charge in [-0.2, -0.15) is 0 Å². The predicted molar refractivity (Wildman–Crippen MR) is 133 cm³/mol.